The molecule has 0 bridgehead atoms. The fourth-order valence-corrected chi connectivity index (χ4v) is 1.06. The molecule has 0 amide bonds. The molecule has 6 nitrogen and oxygen atoms in total. The highest BCUT2D eigenvalue weighted by Crippen LogP contribution is 2.05. The predicted molar refractivity (Wildman–Crippen MR) is 43.6 cm³/mol. The Bertz CT molecular complexity index is 216. The van der Waals surface area contributed by atoms with Gasteiger partial charge in [0.2, 0.25) is 0 Å². The Kier molecular flexibility index (Phi) is 2.49. The van der Waals surface area contributed by atoms with Gasteiger partial charge in [-0.25, -0.2) is 4.99 Å². The van der Waals surface area contributed by atoms with Gasteiger partial charge in [0.05, 0.1) is 6.04 Å². The number of aliphatic carboxylic acids is 1. The molecule has 1 heterocycles. The number of aliphatic imine (C=N–C) groups is 1. The highest BCUT2D eigenvalue weighted by Gasteiger charge is 2.25. The molecule has 0 aliphatic carbocycles. The Morgan fingerprint density at radius 3 is 3.00 bits per heavy atom. The SMILES string of the molecule is N[C@H](C(=O)O)[C@H]1CCN[13C](N)=N1. The Morgan fingerprint density at radius 1 is 1.83 bits per heavy atom. The quantitative estimate of drug-likeness (QED) is 0.363. The molecule has 1 aliphatic rings. The van der Waals surface area contributed by atoms with Crippen LogP contribution in [0.2, 0.25) is 0 Å². The van der Waals surface area contributed by atoms with Crippen molar-refractivity contribution in [2.45, 2.75) is 18.5 Å². The van der Waals surface area contributed by atoms with Crippen LogP contribution in [0.4, 0.5) is 0 Å². The first-order valence-corrected chi connectivity index (χ1v) is 3.67. The van der Waals surface area contributed by atoms with Crippen molar-refractivity contribution in [3.8, 4) is 0 Å². The van der Waals surface area contributed by atoms with E-state index in [1.807, 2.05) is 0 Å². The van der Waals surface area contributed by atoms with E-state index >= 15 is 0 Å². The van der Waals surface area contributed by atoms with Crippen molar-refractivity contribution in [3.63, 3.8) is 0 Å². The molecule has 0 saturated carbocycles. The van der Waals surface area contributed by atoms with Gasteiger partial charge in [0.25, 0.3) is 0 Å². The fraction of sp³-hybridized carbons (Fsp3) is 0.667. The zero-order valence-corrected chi connectivity index (χ0v) is 6.53. The first-order chi connectivity index (χ1) is 5.61. The van der Waals surface area contributed by atoms with E-state index in [1.165, 1.54) is 0 Å². The van der Waals surface area contributed by atoms with Crippen LogP contribution in [0.15, 0.2) is 4.99 Å². The van der Waals surface area contributed by atoms with Crippen LogP contribution in [-0.4, -0.2) is 35.7 Å². The van der Waals surface area contributed by atoms with Crippen molar-refractivity contribution in [1.82, 2.24) is 5.32 Å². The minimum Gasteiger partial charge on any atom is -0.480 e. The van der Waals surface area contributed by atoms with Gasteiger partial charge >= 0.3 is 5.97 Å². The van der Waals surface area contributed by atoms with Crippen LogP contribution in [0.1, 0.15) is 6.42 Å². The van der Waals surface area contributed by atoms with Gasteiger partial charge in [0.15, 0.2) is 5.96 Å². The summed E-state index contributed by atoms with van der Waals surface area (Å²) in [6.07, 6.45) is 0.605. The summed E-state index contributed by atoms with van der Waals surface area (Å²) in [6, 6.07) is -1.35. The van der Waals surface area contributed by atoms with Crippen molar-refractivity contribution in [2.75, 3.05) is 6.54 Å². The van der Waals surface area contributed by atoms with Crippen LogP contribution in [0.5, 0.6) is 0 Å². The summed E-state index contributed by atoms with van der Waals surface area (Å²) >= 11 is 0. The zero-order valence-electron chi connectivity index (χ0n) is 6.53. The van der Waals surface area contributed by atoms with Crippen LogP contribution in [0.25, 0.3) is 0 Å². The van der Waals surface area contributed by atoms with E-state index in [2.05, 4.69) is 10.3 Å². The Balaban J connectivity index is 2.62. The highest BCUT2D eigenvalue weighted by molar-refractivity contribution is 5.80. The largest absolute Gasteiger partial charge is 0.480 e. The van der Waals surface area contributed by atoms with Crippen LogP contribution in [0, 0.1) is 0 Å². The summed E-state index contributed by atoms with van der Waals surface area (Å²) in [7, 11) is 0. The lowest BCUT2D eigenvalue weighted by molar-refractivity contribution is -0.139. The molecule has 12 heavy (non-hydrogen) atoms. The predicted octanol–water partition coefficient (Wildman–Crippen LogP) is -1.93. The summed E-state index contributed by atoms with van der Waals surface area (Å²) in [6.45, 7) is 0.626. The first-order valence-electron chi connectivity index (χ1n) is 3.67. The third kappa shape index (κ3) is 1.85. The maximum Gasteiger partial charge on any atom is 0.322 e. The molecule has 0 spiro atoms. The van der Waals surface area contributed by atoms with Crippen molar-refractivity contribution in [1.29, 1.82) is 0 Å². The maximum absolute atomic E-state index is 10.4. The van der Waals surface area contributed by atoms with Gasteiger partial charge in [-0.1, -0.05) is 0 Å². The molecule has 1 aliphatic heterocycles. The second-order valence-electron chi connectivity index (χ2n) is 2.66. The minimum atomic E-state index is -1.04. The van der Waals surface area contributed by atoms with Crippen LogP contribution in [0.3, 0.4) is 0 Å². The van der Waals surface area contributed by atoms with Gasteiger partial charge in [0, 0.05) is 6.54 Å². The number of carbonyl (C=O) groups is 1. The van der Waals surface area contributed by atoms with Crippen molar-refractivity contribution in [2.24, 2.45) is 16.5 Å². The van der Waals surface area contributed by atoms with E-state index < -0.39 is 18.1 Å². The summed E-state index contributed by atoms with van der Waals surface area (Å²) < 4.78 is 0. The van der Waals surface area contributed by atoms with Crippen LogP contribution in [-0.2, 0) is 4.79 Å². The number of nitrogens with one attached hydrogen (secondary N) is 1. The molecule has 68 valence electrons. The summed E-state index contributed by atoms with van der Waals surface area (Å²) in [5.74, 6) is -0.776. The average molecular weight is 173 g/mol. The number of nitrogens with two attached hydrogens (primary N) is 2. The third-order valence-electron chi connectivity index (χ3n) is 1.75. The van der Waals surface area contributed by atoms with E-state index in [-0.39, 0.29) is 5.96 Å². The average Bonchev–Trinajstić information content (AvgIpc) is 2.03. The van der Waals surface area contributed by atoms with Gasteiger partial charge in [-0.3, -0.25) is 4.79 Å². The summed E-state index contributed by atoms with van der Waals surface area (Å²) in [4.78, 5) is 14.3. The maximum atomic E-state index is 10.4. The smallest absolute Gasteiger partial charge is 0.322 e. The molecular formula is C6H12N4O2. The molecule has 0 aromatic rings. The van der Waals surface area contributed by atoms with E-state index in [1.54, 1.807) is 0 Å². The molecule has 0 aromatic carbocycles. The first kappa shape index (κ1) is 8.79. The molecule has 6 N–H and O–H groups in total. The summed E-state index contributed by atoms with van der Waals surface area (Å²) in [5, 5.41) is 11.4. The zero-order chi connectivity index (χ0) is 9.14. The number of guanidine groups is 1. The number of nitrogens with zero attached hydrogens (tertiary/aromatic N) is 1. The van der Waals surface area contributed by atoms with Crippen molar-refractivity contribution in [3.05, 3.63) is 0 Å². The number of carboxylic acids is 1. The van der Waals surface area contributed by atoms with Crippen LogP contribution < -0.4 is 16.8 Å². The lowest BCUT2D eigenvalue weighted by atomic mass is 10.1. The highest BCUT2D eigenvalue weighted by atomic mass is 16.4. The molecule has 1 rings (SSSR count). The molecular weight excluding hydrogens is 161 g/mol. The number of carboxylic acid groups (broad SMARTS) is 1. The van der Waals surface area contributed by atoms with Crippen molar-refractivity contribution >= 4 is 11.9 Å². The molecule has 0 fully saturated rings. The number of hydrogen-bond donors (Lipinski definition) is 4. The van der Waals surface area contributed by atoms with Gasteiger partial charge in [0.1, 0.15) is 6.04 Å². The molecule has 0 radical (unpaired) electrons. The molecule has 0 unspecified atom stereocenters. The standard InChI is InChI=1S/C6H12N4O2/c7-4(5(11)12)3-1-2-9-6(8)10-3/h3-4H,1-2,7H2,(H,11,12)(H3,8,9,10)/t3-,4+/m1/s1/i6+1. The van der Waals surface area contributed by atoms with E-state index in [0.29, 0.717) is 13.0 Å². The molecule has 2 atom stereocenters. The lowest BCUT2D eigenvalue weighted by Crippen LogP contribution is -2.48. The van der Waals surface area contributed by atoms with Gasteiger partial charge in [-0.2, -0.15) is 0 Å². The fourth-order valence-electron chi connectivity index (χ4n) is 1.06. The van der Waals surface area contributed by atoms with Gasteiger partial charge < -0.3 is 21.9 Å². The lowest BCUT2D eigenvalue weighted by Gasteiger charge is -2.22. The molecule has 6 heteroatoms. The second kappa shape index (κ2) is 3.40. The second-order valence-corrected chi connectivity index (χ2v) is 2.66. The van der Waals surface area contributed by atoms with Crippen LogP contribution >= 0.6 is 0 Å². The normalized spacial score (nSPS) is 25.4. The Labute approximate surface area is 69.6 Å². The molecule has 0 saturated heterocycles. The number of rotatable bonds is 2. The third-order valence-corrected chi connectivity index (χ3v) is 1.75. The van der Waals surface area contributed by atoms with E-state index in [0.717, 1.165) is 0 Å². The topological polar surface area (TPSA) is 114 Å². The van der Waals surface area contributed by atoms with E-state index in [9.17, 15) is 4.79 Å². The van der Waals surface area contributed by atoms with Gasteiger partial charge in [-0.15, -0.1) is 0 Å². The van der Waals surface area contributed by atoms with E-state index in [4.69, 9.17) is 16.6 Å². The Hall–Kier alpha value is -1.30. The molecule has 0 aromatic heterocycles. The number of hydrogen-bond acceptors (Lipinski definition) is 5. The van der Waals surface area contributed by atoms with Crippen molar-refractivity contribution < 1.29 is 9.90 Å². The minimum absolute atomic E-state index is 0.267. The Morgan fingerprint density at radius 2 is 2.50 bits per heavy atom. The summed E-state index contributed by atoms with van der Waals surface area (Å²) in [5.41, 5.74) is 10.7. The van der Waals surface area contributed by atoms with Gasteiger partial charge in [-0.05, 0) is 6.42 Å². The monoisotopic (exact) mass is 173 g/mol.